The van der Waals surface area contributed by atoms with Crippen LogP contribution in [0.15, 0.2) is 0 Å². The summed E-state index contributed by atoms with van der Waals surface area (Å²) in [5, 5.41) is 3.64. The van der Waals surface area contributed by atoms with E-state index >= 15 is 0 Å². The van der Waals surface area contributed by atoms with Crippen molar-refractivity contribution < 1.29 is 18.3 Å². The van der Waals surface area contributed by atoms with Gasteiger partial charge in [0.15, 0.2) is 0 Å². The first-order valence-corrected chi connectivity index (χ1v) is 2.91. The summed E-state index contributed by atoms with van der Waals surface area (Å²) in [6.07, 6.45) is -4.11. The van der Waals surface area contributed by atoms with Crippen LogP contribution in [0, 0.1) is 0 Å². The maximum atomic E-state index is 11.8. The zero-order chi connectivity index (χ0) is 7.78. The molecular weight excluding hydrogens is 145 g/mol. The van der Waals surface area contributed by atoms with E-state index in [9.17, 15) is 13.2 Å². The Balaban J connectivity index is 2.67. The summed E-state index contributed by atoms with van der Waals surface area (Å²) in [5.41, 5.74) is -0.546. The number of alkyl halides is 3. The van der Waals surface area contributed by atoms with Gasteiger partial charge in [0.05, 0.1) is 20.0 Å². The molecule has 0 aliphatic carbocycles. The Hall–Kier alpha value is -0.740. The van der Waals surface area contributed by atoms with Crippen LogP contribution in [0.3, 0.4) is 0 Å². The average Bonchev–Trinajstić information content (AvgIpc) is 2.11. The number of halogens is 3. The van der Waals surface area contributed by atoms with E-state index in [-0.39, 0.29) is 6.42 Å². The highest BCUT2D eigenvalue weighted by molar-refractivity contribution is 5.85. The molecule has 0 bridgehead atoms. The van der Waals surface area contributed by atoms with Crippen molar-refractivity contribution in [2.75, 3.05) is 13.6 Å². The summed E-state index contributed by atoms with van der Waals surface area (Å²) >= 11 is 0. The molecule has 0 fully saturated rings. The van der Waals surface area contributed by atoms with Crippen LogP contribution >= 0.6 is 0 Å². The van der Waals surface area contributed by atoms with E-state index < -0.39 is 11.9 Å². The van der Waals surface area contributed by atoms with Gasteiger partial charge in [-0.2, -0.15) is 18.2 Å². The van der Waals surface area contributed by atoms with Gasteiger partial charge in [0.25, 0.3) is 5.71 Å². The highest BCUT2D eigenvalue weighted by Crippen LogP contribution is 2.17. The molecule has 1 aliphatic heterocycles. The van der Waals surface area contributed by atoms with Gasteiger partial charge in [0.2, 0.25) is 0 Å². The van der Waals surface area contributed by atoms with Gasteiger partial charge in [-0.1, -0.05) is 0 Å². The van der Waals surface area contributed by atoms with Gasteiger partial charge >= 0.3 is 6.18 Å². The van der Waals surface area contributed by atoms with Crippen LogP contribution in [-0.4, -0.2) is 30.5 Å². The number of hydrazine groups is 1. The first-order chi connectivity index (χ1) is 4.50. The van der Waals surface area contributed by atoms with Crippen LogP contribution in [0.2, 0.25) is 0 Å². The van der Waals surface area contributed by atoms with Gasteiger partial charge in [-0.25, -0.2) is 0 Å². The number of rotatable bonds is 0. The van der Waals surface area contributed by atoms with Crippen molar-refractivity contribution in [1.82, 2.24) is 5.01 Å². The Morgan fingerprint density at radius 3 is 2.30 bits per heavy atom. The van der Waals surface area contributed by atoms with Crippen molar-refractivity contribution in [3.05, 3.63) is 0 Å². The number of hydrogen-bond donors (Lipinski definition) is 1. The highest BCUT2D eigenvalue weighted by Gasteiger charge is 2.44. The van der Waals surface area contributed by atoms with Gasteiger partial charge in [-0.3, -0.25) is 0 Å². The molecule has 58 valence electrons. The highest BCUT2D eigenvalue weighted by atomic mass is 19.4. The summed E-state index contributed by atoms with van der Waals surface area (Å²) in [4.78, 5) is 0. The van der Waals surface area contributed by atoms with Gasteiger partial charge in [-0.05, 0) is 0 Å². The zero-order valence-electron chi connectivity index (χ0n) is 5.50. The van der Waals surface area contributed by atoms with Gasteiger partial charge < -0.3 is 0 Å². The summed E-state index contributed by atoms with van der Waals surface area (Å²) in [5.74, 6) is 0. The lowest BCUT2D eigenvalue weighted by atomic mass is 10.3. The fourth-order valence-electron chi connectivity index (χ4n) is 0.827. The SMILES string of the molecule is CN1CCC(C(F)(F)F)=[NH+]1. The monoisotopic (exact) mass is 153 g/mol. The normalized spacial score (nSPS) is 19.6. The topological polar surface area (TPSA) is 17.2 Å². The lowest BCUT2D eigenvalue weighted by Gasteiger charge is -1.96. The minimum Gasteiger partial charge on any atom is -0.190 e. The van der Waals surface area contributed by atoms with E-state index in [0.29, 0.717) is 6.54 Å². The molecule has 2 nitrogen and oxygen atoms in total. The van der Waals surface area contributed by atoms with E-state index in [1.165, 1.54) is 5.01 Å². The summed E-state index contributed by atoms with van der Waals surface area (Å²) in [6, 6.07) is 0. The molecular formula is C5H8F3N2+. The molecule has 0 amide bonds. The Morgan fingerprint density at radius 2 is 2.10 bits per heavy atom. The quantitative estimate of drug-likeness (QED) is 0.488. The number of hydrogen-bond acceptors (Lipinski definition) is 1. The van der Waals surface area contributed by atoms with Crippen LogP contribution in [0.4, 0.5) is 13.2 Å². The molecule has 1 N–H and O–H groups in total. The molecule has 0 atom stereocenters. The molecule has 0 radical (unpaired) electrons. The van der Waals surface area contributed by atoms with Gasteiger partial charge in [0, 0.05) is 0 Å². The Bertz CT molecular complexity index is 161. The zero-order valence-corrected chi connectivity index (χ0v) is 5.50. The lowest BCUT2D eigenvalue weighted by molar-refractivity contribution is -0.631. The molecule has 1 heterocycles. The Labute approximate surface area is 56.3 Å². The van der Waals surface area contributed by atoms with Gasteiger partial charge in [-0.15, -0.1) is 5.10 Å². The molecule has 0 aromatic heterocycles. The van der Waals surface area contributed by atoms with Crippen molar-refractivity contribution in [3.8, 4) is 0 Å². The maximum Gasteiger partial charge on any atom is 0.475 e. The second-order valence-electron chi connectivity index (χ2n) is 2.26. The maximum absolute atomic E-state index is 11.8. The molecule has 0 aromatic rings. The fourth-order valence-corrected chi connectivity index (χ4v) is 0.827. The van der Waals surface area contributed by atoms with Crippen LogP contribution in [0.1, 0.15) is 6.42 Å². The predicted octanol–water partition coefficient (Wildman–Crippen LogP) is -0.679. The molecule has 0 aromatic carbocycles. The van der Waals surface area contributed by atoms with Crippen molar-refractivity contribution in [2.45, 2.75) is 12.6 Å². The molecule has 0 saturated heterocycles. The Kier molecular flexibility index (Phi) is 1.58. The summed E-state index contributed by atoms with van der Waals surface area (Å²) in [7, 11) is 1.58. The third-order valence-corrected chi connectivity index (χ3v) is 1.37. The predicted molar refractivity (Wildman–Crippen MR) is 29.3 cm³/mol. The number of nitrogens with one attached hydrogen (secondary N) is 1. The average molecular weight is 153 g/mol. The van der Waals surface area contributed by atoms with Crippen LogP contribution < -0.4 is 5.10 Å². The minimum absolute atomic E-state index is 0.0694. The summed E-state index contributed by atoms with van der Waals surface area (Å²) < 4.78 is 35.4. The van der Waals surface area contributed by atoms with Crippen molar-refractivity contribution in [2.24, 2.45) is 0 Å². The van der Waals surface area contributed by atoms with Crippen molar-refractivity contribution >= 4 is 5.71 Å². The second-order valence-corrected chi connectivity index (χ2v) is 2.26. The molecule has 10 heavy (non-hydrogen) atoms. The molecule has 0 spiro atoms. The molecule has 1 rings (SSSR count). The Morgan fingerprint density at radius 1 is 1.50 bits per heavy atom. The molecule has 0 saturated carbocycles. The van der Waals surface area contributed by atoms with Crippen LogP contribution in [-0.2, 0) is 0 Å². The van der Waals surface area contributed by atoms with E-state index in [1.54, 1.807) is 7.05 Å². The van der Waals surface area contributed by atoms with E-state index in [0.717, 1.165) is 0 Å². The van der Waals surface area contributed by atoms with E-state index in [1.807, 2.05) is 0 Å². The second kappa shape index (κ2) is 2.14. The van der Waals surface area contributed by atoms with Crippen LogP contribution in [0.25, 0.3) is 0 Å². The third kappa shape index (κ3) is 1.40. The summed E-state index contributed by atoms with van der Waals surface area (Å²) in [6.45, 7) is 0.425. The van der Waals surface area contributed by atoms with E-state index in [4.69, 9.17) is 0 Å². The van der Waals surface area contributed by atoms with Gasteiger partial charge in [0.1, 0.15) is 0 Å². The largest absolute Gasteiger partial charge is 0.475 e. The smallest absolute Gasteiger partial charge is 0.190 e. The lowest BCUT2D eigenvalue weighted by Crippen LogP contribution is -2.80. The molecule has 0 unspecified atom stereocenters. The standard InChI is InChI=1S/C5H7F3N2/c1-10-3-2-4(9-10)5(6,7)8/h2-3H2,1H3/p+1. The van der Waals surface area contributed by atoms with E-state index in [2.05, 4.69) is 5.10 Å². The molecule has 5 heteroatoms. The number of hydrazone groups is 1. The fraction of sp³-hybridized carbons (Fsp3) is 0.800. The number of nitrogens with zero attached hydrogens (tertiary/aromatic N) is 1. The van der Waals surface area contributed by atoms with Crippen LogP contribution in [0.5, 0.6) is 0 Å². The minimum atomic E-state index is -4.18. The van der Waals surface area contributed by atoms with Crippen molar-refractivity contribution in [3.63, 3.8) is 0 Å². The third-order valence-electron chi connectivity index (χ3n) is 1.37. The molecule has 1 aliphatic rings. The van der Waals surface area contributed by atoms with Crippen molar-refractivity contribution in [1.29, 1.82) is 0 Å². The first-order valence-electron chi connectivity index (χ1n) is 2.91. The first kappa shape index (κ1) is 7.37.